The summed E-state index contributed by atoms with van der Waals surface area (Å²) >= 11 is 2.17. The van der Waals surface area contributed by atoms with Crippen LogP contribution in [0.25, 0.3) is 0 Å². The van der Waals surface area contributed by atoms with Crippen molar-refractivity contribution in [3.63, 3.8) is 0 Å². The maximum absolute atomic E-state index is 5.70. The lowest BCUT2D eigenvalue weighted by Gasteiger charge is -2.09. The number of methoxy groups -OCH3 is 2. The molecule has 0 aliphatic carbocycles. The Labute approximate surface area is 85.0 Å². The van der Waals surface area contributed by atoms with Crippen molar-refractivity contribution in [2.45, 2.75) is 0 Å². The van der Waals surface area contributed by atoms with Crippen LogP contribution in [0.2, 0.25) is 0 Å². The van der Waals surface area contributed by atoms with E-state index in [0.717, 1.165) is 3.57 Å². The largest absolute Gasteiger partial charge is 0.493 e. The molecular formula is C8H10INO2. The van der Waals surface area contributed by atoms with Crippen LogP contribution in [0.1, 0.15) is 0 Å². The molecule has 0 radical (unpaired) electrons. The van der Waals surface area contributed by atoms with Crippen molar-refractivity contribution in [1.29, 1.82) is 0 Å². The molecule has 0 saturated carbocycles. The topological polar surface area (TPSA) is 44.5 Å². The zero-order chi connectivity index (χ0) is 9.14. The van der Waals surface area contributed by atoms with Gasteiger partial charge in [-0.1, -0.05) is 0 Å². The fourth-order valence-electron chi connectivity index (χ4n) is 0.959. The molecule has 0 fully saturated rings. The van der Waals surface area contributed by atoms with Crippen LogP contribution in [0.5, 0.6) is 11.5 Å². The average molecular weight is 279 g/mol. The van der Waals surface area contributed by atoms with Crippen LogP contribution >= 0.6 is 22.6 Å². The van der Waals surface area contributed by atoms with Crippen molar-refractivity contribution in [2.24, 2.45) is 0 Å². The molecule has 0 unspecified atom stereocenters. The summed E-state index contributed by atoms with van der Waals surface area (Å²) in [7, 11) is 3.16. The Kier molecular flexibility index (Phi) is 3.02. The summed E-state index contributed by atoms with van der Waals surface area (Å²) in [5.74, 6) is 1.26. The van der Waals surface area contributed by atoms with Crippen LogP contribution in [0.3, 0.4) is 0 Å². The molecule has 66 valence electrons. The molecule has 0 aliphatic rings. The molecular weight excluding hydrogens is 269 g/mol. The van der Waals surface area contributed by atoms with Gasteiger partial charge in [0.05, 0.1) is 19.9 Å². The number of ether oxygens (including phenoxy) is 2. The zero-order valence-electron chi connectivity index (χ0n) is 6.93. The van der Waals surface area contributed by atoms with Gasteiger partial charge >= 0.3 is 0 Å². The van der Waals surface area contributed by atoms with Gasteiger partial charge in [-0.25, -0.2) is 0 Å². The number of hydrogen-bond donors (Lipinski definition) is 1. The van der Waals surface area contributed by atoms with Crippen molar-refractivity contribution in [3.05, 3.63) is 15.7 Å². The van der Waals surface area contributed by atoms with E-state index in [1.54, 1.807) is 14.2 Å². The standard InChI is InChI=1S/C8H10INO2/c1-11-7-4-5(9)3-6(10)8(7)12-2/h3-4H,10H2,1-2H3. The van der Waals surface area contributed by atoms with E-state index >= 15 is 0 Å². The highest BCUT2D eigenvalue weighted by atomic mass is 127. The molecule has 0 bridgehead atoms. The van der Waals surface area contributed by atoms with Crippen molar-refractivity contribution < 1.29 is 9.47 Å². The van der Waals surface area contributed by atoms with Crippen LogP contribution in [-0.2, 0) is 0 Å². The fraction of sp³-hybridized carbons (Fsp3) is 0.250. The molecule has 0 heterocycles. The predicted molar refractivity (Wildman–Crippen MR) is 56.7 cm³/mol. The zero-order valence-corrected chi connectivity index (χ0v) is 9.08. The molecule has 0 atom stereocenters. The second-order valence-electron chi connectivity index (χ2n) is 2.23. The first-order valence-corrected chi connectivity index (χ1v) is 4.44. The number of anilines is 1. The molecule has 1 aromatic carbocycles. The van der Waals surface area contributed by atoms with E-state index in [4.69, 9.17) is 15.2 Å². The molecule has 0 aromatic heterocycles. The minimum atomic E-state index is 0.595. The van der Waals surface area contributed by atoms with Gasteiger partial charge in [-0.05, 0) is 34.7 Å². The summed E-state index contributed by atoms with van der Waals surface area (Å²) in [6, 6.07) is 3.71. The smallest absolute Gasteiger partial charge is 0.183 e. The van der Waals surface area contributed by atoms with Crippen molar-refractivity contribution in [2.75, 3.05) is 20.0 Å². The predicted octanol–water partition coefficient (Wildman–Crippen LogP) is 1.89. The number of rotatable bonds is 2. The molecule has 2 N–H and O–H groups in total. The van der Waals surface area contributed by atoms with Gasteiger partial charge in [-0.3, -0.25) is 0 Å². The lowest BCUT2D eigenvalue weighted by Crippen LogP contribution is -1.96. The Balaban J connectivity index is 3.24. The van der Waals surface area contributed by atoms with Crippen LogP contribution in [0.4, 0.5) is 5.69 Å². The molecule has 0 aliphatic heterocycles. The molecule has 1 aromatic rings. The maximum Gasteiger partial charge on any atom is 0.183 e. The lowest BCUT2D eigenvalue weighted by atomic mass is 10.3. The normalized spacial score (nSPS) is 9.58. The second kappa shape index (κ2) is 3.84. The lowest BCUT2D eigenvalue weighted by molar-refractivity contribution is 0.356. The minimum absolute atomic E-state index is 0.595. The van der Waals surface area contributed by atoms with Gasteiger partial charge in [0, 0.05) is 3.57 Å². The maximum atomic E-state index is 5.70. The first-order valence-electron chi connectivity index (χ1n) is 3.36. The highest BCUT2D eigenvalue weighted by molar-refractivity contribution is 14.1. The quantitative estimate of drug-likeness (QED) is 0.664. The van der Waals surface area contributed by atoms with Crippen molar-refractivity contribution in [3.8, 4) is 11.5 Å². The Bertz CT molecular complexity index is 289. The number of benzene rings is 1. The molecule has 4 heteroatoms. The van der Waals surface area contributed by atoms with E-state index in [-0.39, 0.29) is 0 Å². The van der Waals surface area contributed by atoms with E-state index in [9.17, 15) is 0 Å². The van der Waals surface area contributed by atoms with Crippen LogP contribution < -0.4 is 15.2 Å². The third-order valence-electron chi connectivity index (χ3n) is 1.47. The Morgan fingerprint density at radius 1 is 1.25 bits per heavy atom. The summed E-state index contributed by atoms with van der Waals surface area (Å²) in [5, 5.41) is 0. The van der Waals surface area contributed by atoms with Crippen molar-refractivity contribution >= 4 is 28.3 Å². The summed E-state index contributed by atoms with van der Waals surface area (Å²) < 4.78 is 11.2. The van der Waals surface area contributed by atoms with E-state index in [0.29, 0.717) is 17.2 Å². The first kappa shape index (κ1) is 9.44. The molecule has 3 nitrogen and oxygen atoms in total. The van der Waals surface area contributed by atoms with Gasteiger partial charge in [0.2, 0.25) is 0 Å². The SMILES string of the molecule is COc1cc(I)cc(N)c1OC. The number of halogens is 1. The summed E-state index contributed by atoms with van der Waals surface area (Å²) in [6.07, 6.45) is 0. The van der Waals surface area contributed by atoms with Crippen molar-refractivity contribution in [1.82, 2.24) is 0 Å². The second-order valence-corrected chi connectivity index (χ2v) is 3.48. The Hall–Kier alpha value is -0.650. The molecule has 0 amide bonds. The number of nitrogens with two attached hydrogens (primary N) is 1. The molecule has 1 rings (SSSR count). The van der Waals surface area contributed by atoms with E-state index < -0.39 is 0 Å². The monoisotopic (exact) mass is 279 g/mol. The summed E-state index contributed by atoms with van der Waals surface area (Å²) in [6.45, 7) is 0. The van der Waals surface area contributed by atoms with Crippen LogP contribution in [0.15, 0.2) is 12.1 Å². The third-order valence-corrected chi connectivity index (χ3v) is 2.10. The van der Waals surface area contributed by atoms with Gasteiger partial charge in [0.25, 0.3) is 0 Å². The average Bonchev–Trinajstić information content (AvgIpc) is 2.03. The highest BCUT2D eigenvalue weighted by Gasteiger charge is 2.07. The van der Waals surface area contributed by atoms with E-state index in [1.165, 1.54) is 0 Å². The molecule has 12 heavy (non-hydrogen) atoms. The third kappa shape index (κ3) is 1.74. The number of hydrogen-bond acceptors (Lipinski definition) is 3. The minimum Gasteiger partial charge on any atom is -0.493 e. The van der Waals surface area contributed by atoms with Gasteiger partial charge < -0.3 is 15.2 Å². The Morgan fingerprint density at radius 2 is 1.92 bits per heavy atom. The fourth-order valence-corrected chi connectivity index (χ4v) is 1.58. The highest BCUT2D eigenvalue weighted by Crippen LogP contribution is 2.34. The van der Waals surface area contributed by atoms with Gasteiger partial charge in [0.15, 0.2) is 11.5 Å². The van der Waals surface area contributed by atoms with Crippen LogP contribution in [-0.4, -0.2) is 14.2 Å². The van der Waals surface area contributed by atoms with E-state index in [2.05, 4.69) is 22.6 Å². The van der Waals surface area contributed by atoms with E-state index in [1.807, 2.05) is 12.1 Å². The summed E-state index contributed by atoms with van der Waals surface area (Å²) in [5.41, 5.74) is 6.30. The first-order chi connectivity index (χ1) is 5.69. The Morgan fingerprint density at radius 3 is 2.42 bits per heavy atom. The van der Waals surface area contributed by atoms with Gasteiger partial charge in [-0.2, -0.15) is 0 Å². The van der Waals surface area contributed by atoms with Crippen LogP contribution in [0, 0.1) is 3.57 Å². The summed E-state index contributed by atoms with van der Waals surface area (Å²) in [4.78, 5) is 0. The van der Waals surface area contributed by atoms with Gasteiger partial charge in [-0.15, -0.1) is 0 Å². The number of nitrogen functional groups attached to an aromatic ring is 1. The molecule has 0 saturated heterocycles. The van der Waals surface area contributed by atoms with Gasteiger partial charge in [0.1, 0.15) is 0 Å². The molecule has 0 spiro atoms.